The van der Waals surface area contributed by atoms with E-state index in [9.17, 15) is 4.79 Å². The molecule has 5 aromatic rings. The third kappa shape index (κ3) is 6.45. The van der Waals surface area contributed by atoms with E-state index < -0.39 is 0 Å². The number of nitrogens with two attached hydrogens (primary N) is 1. The molecule has 0 unspecified atom stereocenters. The monoisotopic (exact) mass is 596 g/mol. The van der Waals surface area contributed by atoms with E-state index in [-0.39, 0.29) is 23.0 Å². The number of nitrogen functional groups attached to an aromatic ring is 1. The van der Waals surface area contributed by atoms with Crippen molar-refractivity contribution in [1.29, 1.82) is 0 Å². The lowest BCUT2D eigenvalue weighted by molar-refractivity contribution is -0.119. The molecule has 208 valence electrons. The van der Waals surface area contributed by atoms with E-state index in [0.29, 0.717) is 16.2 Å². The minimum atomic E-state index is -0.0189. The first kappa shape index (κ1) is 27.8. The van der Waals surface area contributed by atoms with Crippen molar-refractivity contribution in [3.05, 3.63) is 118 Å². The molecule has 2 aromatic heterocycles. The van der Waals surface area contributed by atoms with Crippen LogP contribution >= 0.6 is 34.9 Å². The molecule has 3 aromatic carbocycles. The zero-order chi connectivity index (χ0) is 28.2. The number of thioether (sulfide) groups is 2. The summed E-state index contributed by atoms with van der Waals surface area (Å²) in [5.41, 5.74) is 11.7. The number of amides is 1. The Kier molecular flexibility index (Phi) is 8.60. The summed E-state index contributed by atoms with van der Waals surface area (Å²) in [4.78, 5) is 24.4. The van der Waals surface area contributed by atoms with E-state index >= 15 is 0 Å². The highest BCUT2D eigenvalue weighted by Crippen LogP contribution is 2.55. The Bertz CT molecular complexity index is 1630. The molecule has 5 nitrogen and oxygen atoms in total. The number of nitrogens with one attached hydrogen (secondary N) is 1. The predicted molar refractivity (Wildman–Crippen MR) is 174 cm³/mol. The highest BCUT2D eigenvalue weighted by molar-refractivity contribution is 8.00. The summed E-state index contributed by atoms with van der Waals surface area (Å²) in [6.07, 6.45) is 2.71. The van der Waals surface area contributed by atoms with Crippen LogP contribution in [0.2, 0.25) is 0 Å². The van der Waals surface area contributed by atoms with Gasteiger partial charge in [-0.3, -0.25) is 4.79 Å². The molecule has 0 bridgehead atoms. The Morgan fingerprint density at radius 3 is 2.34 bits per heavy atom. The normalized spacial score (nSPS) is 17.2. The van der Waals surface area contributed by atoms with Crippen molar-refractivity contribution in [3.8, 4) is 0 Å². The molecular formula is C33H32N4OS3. The molecule has 0 spiro atoms. The standard InChI is InChI=1S/C33H32N4OS3/c1-21(17-18-22-11-5-2-6-12-22)35-27(38)20-39-33-36-31(34)28-25-19-26(23-13-7-3-8-14-23)40-29(24-15-9-4-10-16-24)30(25)41-32(28)37-33/h2-16,21,26,29H,17-20H2,1H3,(H,35,38)(H2,34,36,37)/t21-,26-,29+/m0/s1. The fourth-order valence-corrected chi connectivity index (χ4v) is 9.03. The number of hydrogen-bond donors (Lipinski definition) is 2. The van der Waals surface area contributed by atoms with Gasteiger partial charge in [-0.05, 0) is 48.4 Å². The summed E-state index contributed by atoms with van der Waals surface area (Å²) in [6, 6.07) is 31.8. The van der Waals surface area contributed by atoms with Crippen LogP contribution < -0.4 is 11.1 Å². The van der Waals surface area contributed by atoms with Crippen molar-refractivity contribution >= 4 is 56.8 Å². The first-order chi connectivity index (χ1) is 20.0. The van der Waals surface area contributed by atoms with Crippen LogP contribution in [0.3, 0.4) is 0 Å². The average Bonchev–Trinajstić information content (AvgIpc) is 3.39. The number of carbonyl (C=O) groups excluding carboxylic acids is 1. The van der Waals surface area contributed by atoms with Crippen LogP contribution in [0.4, 0.5) is 5.82 Å². The molecule has 0 aliphatic carbocycles. The number of aromatic nitrogens is 2. The second-order valence-corrected chi connectivity index (χ2v) is 13.6. The number of fused-ring (bicyclic) bond motifs is 3. The van der Waals surface area contributed by atoms with Gasteiger partial charge in [-0.15, -0.1) is 23.1 Å². The minimum absolute atomic E-state index is 0.0189. The summed E-state index contributed by atoms with van der Waals surface area (Å²) in [5, 5.41) is 5.13. The molecule has 1 amide bonds. The molecule has 6 rings (SSSR count). The van der Waals surface area contributed by atoms with Gasteiger partial charge in [0.1, 0.15) is 10.6 Å². The second kappa shape index (κ2) is 12.7. The summed E-state index contributed by atoms with van der Waals surface area (Å²) in [7, 11) is 0. The SMILES string of the molecule is C[C@@H](CCc1ccccc1)NC(=O)CSc1nc(N)c2c3c(sc2n1)[C@@H](c1ccccc1)S[C@H](c1ccccc1)C3. The fourth-order valence-electron chi connectivity index (χ4n) is 5.29. The quantitative estimate of drug-likeness (QED) is 0.135. The van der Waals surface area contributed by atoms with Crippen LogP contribution in [-0.2, 0) is 17.6 Å². The largest absolute Gasteiger partial charge is 0.383 e. The zero-order valence-electron chi connectivity index (χ0n) is 22.8. The molecule has 41 heavy (non-hydrogen) atoms. The predicted octanol–water partition coefficient (Wildman–Crippen LogP) is 7.62. The van der Waals surface area contributed by atoms with Crippen LogP contribution in [0.25, 0.3) is 10.2 Å². The van der Waals surface area contributed by atoms with Crippen LogP contribution in [0.15, 0.2) is 96.2 Å². The molecule has 3 N–H and O–H groups in total. The summed E-state index contributed by atoms with van der Waals surface area (Å²) >= 11 is 5.04. The maximum atomic E-state index is 12.7. The molecule has 3 atom stereocenters. The molecule has 3 heterocycles. The van der Waals surface area contributed by atoms with Gasteiger partial charge in [-0.1, -0.05) is 103 Å². The van der Waals surface area contributed by atoms with Gasteiger partial charge in [-0.2, -0.15) is 0 Å². The van der Waals surface area contributed by atoms with Crippen LogP contribution in [0, 0.1) is 0 Å². The lowest BCUT2D eigenvalue weighted by Crippen LogP contribution is -2.34. The third-order valence-electron chi connectivity index (χ3n) is 7.34. The summed E-state index contributed by atoms with van der Waals surface area (Å²) < 4.78 is 0. The highest BCUT2D eigenvalue weighted by atomic mass is 32.2. The molecule has 0 fully saturated rings. The Morgan fingerprint density at radius 2 is 1.63 bits per heavy atom. The molecule has 0 saturated carbocycles. The summed E-state index contributed by atoms with van der Waals surface area (Å²) in [6.45, 7) is 2.05. The lowest BCUT2D eigenvalue weighted by atomic mass is 9.98. The third-order valence-corrected chi connectivity index (χ3v) is 11.1. The molecule has 1 aliphatic heterocycles. The number of carbonyl (C=O) groups is 1. The van der Waals surface area contributed by atoms with Gasteiger partial charge in [0.05, 0.1) is 16.4 Å². The van der Waals surface area contributed by atoms with Gasteiger partial charge in [0.25, 0.3) is 0 Å². The van der Waals surface area contributed by atoms with Crippen molar-refractivity contribution in [3.63, 3.8) is 0 Å². The molecule has 1 aliphatic rings. The van der Waals surface area contributed by atoms with Crippen molar-refractivity contribution in [2.75, 3.05) is 11.5 Å². The van der Waals surface area contributed by atoms with Gasteiger partial charge in [0.2, 0.25) is 5.91 Å². The van der Waals surface area contributed by atoms with Crippen LogP contribution in [-0.4, -0.2) is 27.7 Å². The Morgan fingerprint density at radius 1 is 0.976 bits per heavy atom. The van der Waals surface area contributed by atoms with Crippen molar-refractivity contribution in [2.24, 2.45) is 0 Å². The Balaban J connectivity index is 1.20. The lowest BCUT2D eigenvalue weighted by Gasteiger charge is -2.30. The van der Waals surface area contributed by atoms with E-state index in [1.165, 1.54) is 38.9 Å². The number of aryl methyl sites for hydroxylation is 1. The number of nitrogens with zero attached hydrogens (tertiary/aromatic N) is 2. The number of rotatable bonds is 9. The van der Waals surface area contributed by atoms with Crippen LogP contribution in [0.5, 0.6) is 0 Å². The number of hydrogen-bond acceptors (Lipinski definition) is 7. The number of anilines is 1. The van der Waals surface area contributed by atoms with Gasteiger partial charge in [0.15, 0.2) is 5.16 Å². The maximum Gasteiger partial charge on any atom is 0.230 e. The van der Waals surface area contributed by atoms with E-state index in [4.69, 9.17) is 10.7 Å². The number of thiophene rings is 1. The van der Waals surface area contributed by atoms with E-state index in [1.807, 2.05) is 36.9 Å². The molecule has 0 radical (unpaired) electrons. The van der Waals surface area contributed by atoms with Crippen LogP contribution in [0.1, 0.15) is 51.0 Å². The molecule has 8 heteroatoms. The average molecular weight is 597 g/mol. The maximum absolute atomic E-state index is 12.7. The van der Waals surface area contributed by atoms with E-state index in [2.05, 4.69) is 83.1 Å². The smallest absolute Gasteiger partial charge is 0.230 e. The second-order valence-electron chi connectivity index (χ2n) is 10.3. The topological polar surface area (TPSA) is 80.9 Å². The van der Waals surface area contributed by atoms with Gasteiger partial charge in [-0.25, -0.2) is 9.97 Å². The Hall–Kier alpha value is -3.33. The van der Waals surface area contributed by atoms with E-state index in [0.717, 1.165) is 29.5 Å². The molecular weight excluding hydrogens is 565 g/mol. The summed E-state index contributed by atoms with van der Waals surface area (Å²) in [5.74, 6) is 0.733. The first-order valence-corrected chi connectivity index (χ1v) is 16.6. The van der Waals surface area contributed by atoms with Gasteiger partial charge in [0, 0.05) is 16.2 Å². The first-order valence-electron chi connectivity index (χ1n) is 13.9. The molecule has 0 saturated heterocycles. The van der Waals surface area contributed by atoms with E-state index in [1.54, 1.807) is 11.3 Å². The Labute approximate surface area is 253 Å². The van der Waals surface area contributed by atoms with Crippen molar-refractivity contribution in [1.82, 2.24) is 15.3 Å². The zero-order valence-corrected chi connectivity index (χ0v) is 25.3. The van der Waals surface area contributed by atoms with Crippen molar-refractivity contribution in [2.45, 2.75) is 47.9 Å². The fraction of sp³-hybridized carbons (Fsp3) is 0.242. The van der Waals surface area contributed by atoms with Crippen molar-refractivity contribution < 1.29 is 4.79 Å². The van der Waals surface area contributed by atoms with Gasteiger partial charge >= 0.3 is 0 Å². The minimum Gasteiger partial charge on any atom is -0.383 e. The number of benzene rings is 3. The highest BCUT2D eigenvalue weighted by Gasteiger charge is 2.34. The van der Waals surface area contributed by atoms with Gasteiger partial charge < -0.3 is 11.1 Å².